The summed E-state index contributed by atoms with van der Waals surface area (Å²) in [5.41, 5.74) is 1.98. The van der Waals surface area contributed by atoms with Gasteiger partial charge < -0.3 is 10.2 Å². The molecular weight excluding hydrogens is 256 g/mol. The molecule has 1 N–H and O–H groups in total. The van der Waals surface area contributed by atoms with E-state index in [1.807, 2.05) is 55.6 Å². The Hall–Kier alpha value is -1.81. The van der Waals surface area contributed by atoms with Crippen LogP contribution in [0.2, 0.25) is 0 Å². The molecule has 19 heavy (non-hydrogen) atoms. The summed E-state index contributed by atoms with van der Waals surface area (Å²) in [6.45, 7) is 5.35. The van der Waals surface area contributed by atoms with Gasteiger partial charge >= 0.3 is 6.03 Å². The molecule has 0 saturated heterocycles. The molecule has 0 fully saturated rings. The molecule has 0 radical (unpaired) electrons. The number of anilines is 1. The fraction of sp³-hybridized carbons (Fsp3) is 0.267. The number of aryl methyl sites for hydroxylation is 1. The van der Waals surface area contributed by atoms with E-state index in [4.69, 9.17) is 0 Å². The molecule has 0 bridgehead atoms. The quantitative estimate of drug-likeness (QED) is 0.894. The lowest BCUT2D eigenvalue weighted by Crippen LogP contribution is -2.34. The molecule has 4 heteroatoms. The molecule has 3 nitrogen and oxygen atoms in total. The fourth-order valence-corrected chi connectivity index (χ4v) is 2.56. The van der Waals surface area contributed by atoms with Crippen LogP contribution in [-0.4, -0.2) is 17.5 Å². The van der Waals surface area contributed by atoms with Gasteiger partial charge in [0, 0.05) is 17.1 Å². The second-order valence-electron chi connectivity index (χ2n) is 4.39. The number of nitrogens with zero attached hydrogens (tertiary/aromatic N) is 1. The van der Waals surface area contributed by atoms with Crippen LogP contribution in [0.1, 0.15) is 17.4 Å². The number of carbonyl (C=O) groups is 1. The lowest BCUT2D eigenvalue weighted by atomic mass is 10.2. The average Bonchev–Trinajstić information content (AvgIpc) is 2.88. The van der Waals surface area contributed by atoms with Crippen LogP contribution >= 0.6 is 11.3 Å². The second kappa shape index (κ2) is 6.38. The summed E-state index contributed by atoms with van der Waals surface area (Å²) in [5.74, 6) is 0. The van der Waals surface area contributed by atoms with Crippen molar-refractivity contribution in [1.29, 1.82) is 0 Å². The van der Waals surface area contributed by atoms with Crippen LogP contribution in [0, 0.1) is 6.92 Å². The number of nitrogens with one attached hydrogen (secondary N) is 1. The van der Waals surface area contributed by atoms with Crippen molar-refractivity contribution < 1.29 is 4.79 Å². The van der Waals surface area contributed by atoms with Gasteiger partial charge in [-0.25, -0.2) is 4.79 Å². The highest BCUT2D eigenvalue weighted by molar-refractivity contribution is 7.09. The number of urea groups is 1. The van der Waals surface area contributed by atoms with Crippen LogP contribution in [-0.2, 0) is 6.54 Å². The normalized spacial score (nSPS) is 10.2. The molecule has 1 aromatic carbocycles. The zero-order valence-corrected chi connectivity index (χ0v) is 12.0. The minimum Gasteiger partial charge on any atom is -0.320 e. The van der Waals surface area contributed by atoms with Gasteiger partial charge in [0.15, 0.2) is 0 Å². The minimum absolute atomic E-state index is 0.0542. The van der Waals surface area contributed by atoms with Crippen LogP contribution < -0.4 is 5.32 Å². The molecule has 2 aromatic rings. The zero-order chi connectivity index (χ0) is 13.7. The van der Waals surface area contributed by atoms with E-state index in [2.05, 4.69) is 5.32 Å². The molecule has 0 unspecified atom stereocenters. The van der Waals surface area contributed by atoms with Crippen molar-refractivity contribution in [2.45, 2.75) is 20.4 Å². The first-order chi connectivity index (χ1) is 9.19. The smallest absolute Gasteiger partial charge is 0.320 e. The van der Waals surface area contributed by atoms with E-state index in [1.54, 1.807) is 16.2 Å². The molecule has 1 aromatic heterocycles. The predicted molar refractivity (Wildman–Crippen MR) is 80.6 cm³/mol. The summed E-state index contributed by atoms with van der Waals surface area (Å²) >= 11 is 1.67. The third-order valence-corrected chi connectivity index (χ3v) is 3.73. The topological polar surface area (TPSA) is 32.3 Å². The van der Waals surface area contributed by atoms with Crippen molar-refractivity contribution in [1.82, 2.24) is 4.90 Å². The van der Waals surface area contributed by atoms with Crippen LogP contribution in [0.25, 0.3) is 0 Å². The van der Waals surface area contributed by atoms with Crippen LogP contribution in [0.4, 0.5) is 10.5 Å². The molecule has 0 aliphatic rings. The Bertz CT molecular complexity index is 537. The van der Waals surface area contributed by atoms with Gasteiger partial charge in [-0.2, -0.15) is 0 Å². The molecule has 1 heterocycles. The van der Waals surface area contributed by atoms with Crippen LogP contribution in [0.15, 0.2) is 41.8 Å². The molecular formula is C15H18N2OS. The Labute approximate surface area is 117 Å². The van der Waals surface area contributed by atoms with Crippen molar-refractivity contribution in [3.63, 3.8) is 0 Å². The molecule has 2 amide bonds. The van der Waals surface area contributed by atoms with E-state index >= 15 is 0 Å². The highest BCUT2D eigenvalue weighted by atomic mass is 32.1. The first-order valence-electron chi connectivity index (χ1n) is 6.34. The van der Waals surface area contributed by atoms with Crippen molar-refractivity contribution >= 4 is 23.1 Å². The van der Waals surface area contributed by atoms with Crippen LogP contribution in [0.3, 0.4) is 0 Å². The molecule has 2 rings (SSSR count). The van der Waals surface area contributed by atoms with E-state index in [-0.39, 0.29) is 6.03 Å². The average molecular weight is 274 g/mol. The Morgan fingerprint density at radius 1 is 1.32 bits per heavy atom. The summed E-state index contributed by atoms with van der Waals surface area (Å²) in [7, 11) is 0. The summed E-state index contributed by atoms with van der Waals surface area (Å²) in [4.78, 5) is 15.2. The Morgan fingerprint density at radius 2 is 2.16 bits per heavy atom. The standard InChI is InChI=1S/C15H18N2OS/c1-3-17(11-14-8-5-9-19-14)15(18)16-13-7-4-6-12(2)10-13/h4-10H,3,11H2,1-2H3,(H,16,18). The lowest BCUT2D eigenvalue weighted by Gasteiger charge is -2.20. The Balaban J connectivity index is 2.00. The minimum atomic E-state index is -0.0542. The van der Waals surface area contributed by atoms with Gasteiger partial charge in [-0.05, 0) is 43.0 Å². The van der Waals surface area contributed by atoms with Gasteiger partial charge in [-0.15, -0.1) is 11.3 Å². The molecule has 0 aliphatic carbocycles. The van der Waals surface area contributed by atoms with Gasteiger partial charge in [-0.1, -0.05) is 18.2 Å². The fourth-order valence-electron chi connectivity index (χ4n) is 1.84. The third kappa shape index (κ3) is 3.83. The summed E-state index contributed by atoms with van der Waals surface area (Å²) in [6, 6.07) is 11.8. The molecule has 100 valence electrons. The maximum atomic E-state index is 12.2. The number of thiophene rings is 1. The van der Waals surface area contributed by atoms with Crippen molar-refractivity contribution in [3.05, 3.63) is 52.2 Å². The van der Waals surface area contributed by atoms with E-state index in [1.165, 1.54) is 4.88 Å². The van der Waals surface area contributed by atoms with Crippen LogP contribution in [0.5, 0.6) is 0 Å². The van der Waals surface area contributed by atoms with E-state index in [9.17, 15) is 4.79 Å². The first kappa shape index (κ1) is 13.6. The monoisotopic (exact) mass is 274 g/mol. The molecule has 0 aliphatic heterocycles. The number of amides is 2. The maximum Gasteiger partial charge on any atom is 0.322 e. The van der Waals surface area contributed by atoms with E-state index in [0.717, 1.165) is 11.3 Å². The lowest BCUT2D eigenvalue weighted by molar-refractivity contribution is 0.212. The Kier molecular flexibility index (Phi) is 4.58. The van der Waals surface area contributed by atoms with E-state index < -0.39 is 0 Å². The van der Waals surface area contributed by atoms with Gasteiger partial charge in [0.25, 0.3) is 0 Å². The predicted octanol–water partition coefficient (Wildman–Crippen LogP) is 4.11. The SMILES string of the molecule is CCN(Cc1cccs1)C(=O)Nc1cccc(C)c1. The van der Waals surface area contributed by atoms with Gasteiger partial charge in [0.1, 0.15) is 0 Å². The number of rotatable bonds is 4. The summed E-state index contributed by atoms with van der Waals surface area (Å²) in [6.07, 6.45) is 0. The highest BCUT2D eigenvalue weighted by Crippen LogP contribution is 2.14. The third-order valence-electron chi connectivity index (χ3n) is 2.87. The largest absolute Gasteiger partial charge is 0.322 e. The van der Waals surface area contributed by atoms with Crippen molar-refractivity contribution in [3.8, 4) is 0 Å². The van der Waals surface area contributed by atoms with Gasteiger partial charge in [0.05, 0.1) is 6.54 Å². The molecule has 0 spiro atoms. The number of carbonyl (C=O) groups excluding carboxylic acids is 1. The van der Waals surface area contributed by atoms with Crippen molar-refractivity contribution in [2.24, 2.45) is 0 Å². The maximum absolute atomic E-state index is 12.2. The van der Waals surface area contributed by atoms with Crippen molar-refractivity contribution in [2.75, 3.05) is 11.9 Å². The first-order valence-corrected chi connectivity index (χ1v) is 7.22. The zero-order valence-electron chi connectivity index (χ0n) is 11.2. The highest BCUT2D eigenvalue weighted by Gasteiger charge is 2.12. The summed E-state index contributed by atoms with van der Waals surface area (Å²) in [5, 5.41) is 4.97. The van der Waals surface area contributed by atoms with E-state index in [0.29, 0.717) is 13.1 Å². The van der Waals surface area contributed by atoms with Gasteiger partial charge in [-0.3, -0.25) is 0 Å². The molecule has 0 atom stereocenters. The number of hydrogen-bond donors (Lipinski definition) is 1. The molecule has 0 saturated carbocycles. The Morgan fingerprint density at radius 3 is 2.79 bits per heavy atom. The summed E-state index contributed by atoms with van der Waals surface area (Å²) < 4.78 is 0. The number of benzene rings is 1. The van der Waals surface area contributed by atoms with Gasteiger partial charge in [0.2, 0.25) is 0 Å². The second-order valence-corrected chi connectivity index (χ2v) is 5.43. The number of hydrogen-bond acceptors (Lipinski definition) is 2.